The van der Waals surface area contributed by atoms with Crippen LogP contribution in [0.5, 0.6) is 0 Å². The summed E-state index contributed by atoms with van der Waals surface area (Å²) >= 11 is 1.32. The molecule has 0 fully saturated rings. The number of rotatable bonds is 1. The van der Waals surface area contributed by atoms with Crippen LogP contribution in [-0.4, -0.2) is 11.1 Å². The highest BCUT2D eigenvalue weighted by molar-refractivity contribution is 7.14. The third-order valence-corrected chi connectivity index (χ3v) is 2.38. The van der Waals surface area contributed by atoms with E-state index in [0.29, 0.717) is 4.88 Å². The Morgan fingerprint density at radius 3 is 2.08 bits per heavy atom. The highest BCUT2D eigenvalue weighted by Gasteiger charge is 2.08. The van der Waals surface area contributed by atoms with E-state index in [1.165, 1.54) is 11.3 Å². The summed E-state index contributed by atoms with van der Waals surface area (Å²) in [5.41, 5.74) is 0.856. The largest absolute Gasteiger partial charge is 0.477 e. The Morgan fingerprint density at radius 2 is 1.92 bits per heavy atom. The molecule has 3 heteroatoms. The van der Waals surface area contributed by atoms with Gasteiger partial charge in [0.25, 0.3) is 0 Å². The Hall–Kier alpha value is -0.830. The highest BCUT2D eigenvalue weighted by Crippen LogP contribution is 2.20. The average Bonchev–Trinajstić information content (AvgIpc) is 2.34. The van der Waals surface area contributed by atoms with Gasteiger partial charge in [-0.05, 0) is 25.5 Å². The molecule has 0 saturated carbocycles. The average molecular weight is 186 g/mol. The van der Waals surface area contributed by atoms with E-state index < -0.39 is 5.97 Å². The van der Waals surface area contributed by atoms with Gasteiger partial charge in [0.1, 0.15) is 4.88 Å². The van der Waals surface area contributed by atoms with Gasteiger partial charge in [0.05, 0.1) is 0 Å². The maximum Gasteiger partial charge on any atom is 0.346 e. The van der Waals surface area contributed by atoms with E-state index >= 15 is 0 Å². The van der Waals surface area contributed by atoms with E-state index in [9.17, 15) is 4.79 Å². The smallest absolute Gasteiger partial charge is 0.346 e. The summed E-state index contributed by atoms with van der Waals surface area (Å²) in [6.07, 6.45) is 0. The lowest BCUT2D eigenvalue weighted by Crippen LogP contribution is -1.93. The van der Waals surface area contributed by atoms with Crippen LogP contribution in [0.25, 0.3) is 0 Å². The van der Waals surface area contributed by atoms with Crippen LogP contribution in [0.2, 0.25) is 0 Å². The first-order valence-corrected chi connectivity index (χ1v) is 4.73. The second-order valence-electron chi connectivity index (χ2n) is 2.17. The number of carboxylic acids is 1. The molecule has 0 unspecified atom stereocenters. The molecule has 0 bridgehead atoms. The summed E-state index contributed by atoms with van der Waals surface area (Å²) in [4.78, 5) is 12.0. The van der Waals surface area contributed by atoms with Crippen LogP contribution >= 0.6 is 11.3 Å². The van der Waals surface area contributed by atoms with E-state index in [2.05, 4.69) is 0 Å². The van der Waals surface area contributed by atoms with Crippen LogP contribution in [0.15, 0.2) is 6.07 Å². The third-order valence-electron chi connectivity index (χ3n) is 1.24. The van der Waals surface area contributed by atoms with Gasteiger partial charge in [-0.3, -0.25) is 0 Å². The summed E-state index contributed by atoms with van der Waals surface area (Å²) < 4.78 is 0. The van der Waals surface area contributed by atoms with Crippen molar-refractivity contribution >= 4 is 17.3 Å². The molecule has 0 aromatic carbocycles. The number of aryl methyl sites for hydroxylation is 2. The van der Waals surface area contributed by atoms with Crippen molar-refractivity contribution in [3.63, 3.8) is 0 Å². The van der Waals surface area contributed by atoms with E-state index in [4.69, 9.17) is 5.11 Å². The monoisotopic (exact) mass is 186 g/mol. The molecule has 2 nitrogen and oxygen atoms in total. The zero-order valence-corrected chi connectivity index (χ0v) is 8.66. The summed E-state index contributed by atoms with van der Waals surface area (Å²) in [6.45, 7) is 7.72. The number of hydrogen-bond acceptors (Lipinski definition) is 2. The lowest BCUT2D eigenvalue weighted by Gasteiger charge is -1.86. The fourth-order valence-corrected chi connectivity index (χ4v) is 1.72. The Balaban J connectivity index is 0.000000561. The second kappa shape index (κ2) is 4.93. The molecule has 0 amide bonds. The van der Waals surface area contributed by atoms with E-state index in [0.717, 1.165) is 10.4 Å². The Kier molecular flexibility index (Phi) is 4.59. The molecule has 1 aromatic heterocycles. The molecule has 0 radical (unpaired) electrons. The first-order valence-electron chi connectivity index (χ1n) is 3.91. The molecule has 1 aromatic rings. The van der Waals surface area contributed by atoms with Crippen molar-refractivity contribution in [1.29, 1.82) is 0 Å². The minimum atomic E-state index is -0.824. The Morgan fingerprint density at radius 1 is 1.42 bits per heavy atom. The zero-order valence-electron chi connectivity index (χ0n) is 7.84. The first kappa shape index (κ1) is 11.2. The minimum Gasteiger partial charge on any atom is -0.477 e. The van der Waals surface area contributed by atoms with Gasteiger partial charge in [-0.15, -0.1) is 11.3 Å². The standard InChI is InChI=1S/C7H8O2S.C2H6/c1-4-3-5(2)10-6(4)7(8)9;1-2/h3H,1-2H3,(H,8,9);1-2H3. The van der Waals surface area contributed by atoms with Gasteiger partial charge in [0, 0.05) is 4.88 Å². The molecule has 0 saturated heterocycles. The van der Waals surface area contributed by atoms with Gasteiger partial charge in [0.15, 0.2) is 0 Å². The lowest BCUT2D eigenvalue weighted by atomic mass is 10.3. The van der Waals surface area contributed by atoms with Crippen molar-refractivity contribution in [3.05, 3.63) is 21.4 Å². The molecule has 68 valence electrons. The summed E-state index contributed by atoms with van der Waals surface area (Å²) in [6, 6.07) is 1.88. The van der Waals surface area contributed by atoms with Crippen molar-refractivity contribution < 1.29 is 9.90 Å². The van der Waals surface area contributed by atoms with Gasteiger partial charge in [-0.2, -0.15) is 0 Å². The summed E-state index contributed by atoms with van der Waals surface area (Å²) in [7, 11) is 0. The van der Waals surface area contributed by atoms with Crippen molar-refractivity contribution in [2.75, 3.05) is 0 Å². The van der Waals surface area contributed by atoms with Gasteiger partial charge in [-0.1, -0.05) is 13.8 Å². The van der Waals surface area contributed by atoms with Crippen LogP contribution in [0.4, 0.5) is 0 Å². The maximum atomic E-state index is 10.4. The molecular weight excluding hydrogens is 172 g/mol. The maximum absolute atomic E-state index is 10.4. The topological polar surface area (TPSA) is 37.3 Å². The molecule has 0 atom stereocenters. The van der Waals surface area contributed by atoms with Crippen LogP contribution in [0.3, 0.4) is 0 Å². The van der Waals surface area contributed by atoms with Crippen LogP contribution in [0, 0.1) is 13.8 Å². The van der Waals surface area contributed by atoms with Crippen LogP contribution in [0.1, 0.15) is 34.0 Å². The molecule has 1 N–H and O–H groups in total. The highest BCUT2D eigenvalue weighted by atomic mass is 32.1. The normalized spacial score (nSPS) is 8.67. The Labute approximate surface area is 76.9 Å². The number of carbonyl (C=O) groups is 1. The van der Waals surface area contributed by atoms with Gasteiger partial charge in [-0.25, -0.2) is 4.79 Å². The zero-order chi connectivity index (χ0) is 9.72. The van der Waals surface area contributed by atoms with Crippen molar-refractivity contribution in [2.24, 2.45) is 0 Å². The number of carboxylic acid groups (broad SMARTS) is 1. The van der Waals surface area contributed by atoms with Crippen LogP contribution < -0.4 is 0 Å². The number of thiophene rings is 1. The number of aromatic carboxylic acids is 1. The van der Waals surface area contributed by atoms with E-state index in [1.807, 2.05) is 33.8 Å². The van der Waals surface area contributed by atoms with Crippen molar-refractivity contribution in [3.8, 4) is 0 Å². The summed E-state index contributed by atoms with van der Waals surface area (Å²) in [5.74, 6) is -0.824. The Bertz CT molecular complexity index is 263. The molecule has 1 heterocycles. The molecule has 1 rings (SSSR count). The molecule has 0 aliphatic rings. The van der Waals surface area contributed by atoms with E-state index in [1.54, 1.807) is 0 Å². The first-order chi connectivity index (χ1) is 5.61. The molecule has 12 heavy (non-hydrogen) atoms. The fourth-order valence-electron chi connectivity index (χ4n) is 0.854. The fraction of sp³-hybridized carbons (Fsp3) is 0.444. The van der Waals surface area contributed by atoms with E-state index in [-0.39, 0.29) is 0 Å². The molecule has 0 spiro atoms. The lowest BCUT2D eigenvalue weighted by molar-refractivity contribution is 0.0701. The van der Waals surface area contributed by atoms with Crippen molar-refractivity contribution in [2.45, 2.75) is 27.7 Å². The van der Waals surface area contributed by atoms with Crippen LogP contribution in [-0.2, 0) is 0 Å². The van der Waals surface area contributed by atoms with Gasteiger partial charge < -0.3 is 5.11 Å². The quantitative estimate of drug-likeness (QED) is 0.731. The van der Waals surface area contributed by atoms with Gasteiger partial charge >= 0.3 is 5.97 Å². The van der Waals surface area contributed by atoms with Gasteiger partial charge in [0.2, 0.25) is 0 Å². The SMILES string of the molecule is CC.Cc1cc(C)c(C(=O)O)s1. The predicted octanol–water partition coefficient (Wildman–Crippen LogP) is 3.09. The third kappa shape index (κ3) is 2.66. The molecule has 0 aliphatic carbocycles. The molecule has 0 aliphatic heterocycles. The number of hydrogen-bond donors (Lipinski definition) is 1. The second-order valence-corrected chi connectivity index (χ2v) is 3.43. The van der Waals surface area contributed by atoms with Crippen molar-refractivity contribution in [1.82, 2.24) is 0 Å². The minimum absolute atomic E-state index is 0.456. The predicted molar refractivity (Wildman–Crippen MR) is 52.1 cm³/mol. The molecular formula is C9H14O2S. The summed E-state index contributed by atoms with van der Waals surface area (Å²) in [5, 5.41) is 8.59.